The third-order valence-corrected chi connectivity index (χ3v) is 4.48. The lowest BCUT2D eigenvalue weighted by atomic mass is 10.1. The minimum Gasteiger partial charge on any atom is -0.317 e. The van der Waals surface area contributed by atoms with Gasteiger partial charge in [0.05, 0.1) is 5.69 Å². The summed E-state index contributed by atoms with van der Waals surface area (Å²) in [5.74, 6) is 0.152. The number of benzene rings is 2. The number of hydrogen-bond donors (Lipinski definition) is 1. The Morgan fingerprint density at radius 1 is 1.19 bits per heavy atom. The zero-order valence-corrected chi connectivity index (χ0v) is 12.7. The van der Waals surface area contributed by atoms with E-state index in [-0.39, 0.29) is 5.91 Å². The van der Waals surface area contributed by atoms with E-state index in [4.69, 9.17) is 0 Å². The molecular formula is C18H22N2O. The smallest absolute Gasteiger partial charge is 0.258 e. The largest absolute Gasteiger partial charge is 0.317 e. The number of nitrogens with zero attached hydrogens (tertiary/aromatic N) is 1. The minimum atomic E-state index is 0.152. The second-order valence-corrected chi connectivity index (χ2v) is 5.67. The molecule has 1 aliphatic heterocycles. The Labute approximate surface area is 125 Å². The van der Waals surface area contributed by atoms with E-state index in [1.165, 1.54) is 0 Å². The van der Waals surface area contributed by atoms with Crippen molar-refractivity contribution in [2.45, 2.75) is 32.2 Å². The number of nitrogens with one attached hydrogen (secondary N) is 1. The van der Waals surface area contributed by atoms with Crippen LogP contribution in [0.15, 0.2) is 36.4 Å². The molecule has 1 heterocycles. The van der Waals surface area contributed by atoms with Gasteiger partial charge in [0, 0.05) is 23.5 Å². The summed E-state index contributed by atoms with van der Waals surface area (Å²) in [6.07, 6.45) is 3.25. The molecule has 110 valence electrons. The molecule has 0 aliphatic carbocycles. The summed E-state index contributed by atoms with van der Waals surface area (Å²) in [6.45, 7) is 2.99. The number of carbonyl (C=O) groups is 1. The molecule has 3 nitrogen and oxygen atoms in total. The lowest BCUT2D eigenvalue weighted by molar-refractivity contribution is 0.0992. The molecule has 1 unspecified atom stereocenters. The van der Waals surface area contributed by atoms with Crippen LogP contribution in [0.4, 0.5) is 5.69 Å². The Kier molecular flexibility index (Phi) is 3.93. The molecule has 2 aromatic rings. The third-order valence-electron chi connectivity index (χ3n) is 4.48. The maximum absolute atomic E-state index is 12.6. The van der Waals surface area contributed by atoms with Crippen molar-refractivity contribution in [1.82, 2.24) is 5.32 Å². The predicted molar refractivity (Wildman–Crippen MR) is 88.0 cm³/mol. The maximum Gasteiger partial charge on any atom is 0.258 e. The summed E-state index contributed by atoms with van der Waals surface area (Å²) in [4.78, 5) is 14.5. The van der Waals surface area contributed by atoms with Gasteiger partial charge in [-0.1, -0.05) is 31.2 Å². The highest BCUT2D eigenvalue weighted by Crippen LogP contribution is 2.37. The van der Waals surface area contributed by atoms with Gasteiger partial charge in [0.15, 0.2) is 0 Å². The Morgan fingerprint density at radius 3 is 2.67 bits per heavy atom. The highest BCUT2D eigenvalue weighted by molar-refractivity contribution is 6.24. The van der Waals surface area contributed by atoms with Gasteiger partial charge in [0.25, 0.3) is 5.91 Å². The van der Waals surface area contributed by atoms with Gasteiger partial charge in [-0.15, -0.1) is 0 Å². The highest BCUT2D eigenvalue weighted by atomic mass is 16.2. The van der Waals surface area contributed by atoms with Gasteiger partial charge in [-0.25, -0.2) is 0 Å². The average molecular weight is 282 g/mol. The molecule has 0 saturated carbocycles. The Bertz CT molecular complexity index is 656. The molecule has 2 aromatic carbocycles. The van der Waals surface area contributed by atoms with Gasteiger partial charge >= 0.3 is 0 Å². The number of amides is 1. The average Bonchev–Trinajstić information content (AvgIpc) is 2.79. The van der Waals surface area contributed by atoms with Crippen molar-refractivity contribution in [2.24, 2.45) is 0 Å². The molecule has 1 amide bonds. The molecule has 0 saturated heterocycles. The van der Waals surface area contributed by atoms with Crippen LogP contribution in [0, 0.1) is 0 Å². The first-order chi connectivity index (χ1) is 10.3. The van der Waals surface area contributed by atoms with E-state index in [0.717, 1.165) is 47.8 Å². The van der Waals surface area contributed by atoms with Gasteiger partial charge in [-0.3, -0.25) is 4.79 Å². The van der Waals surface area contributed by atoms with E-state index in [1.807, 2.05) is 30.1 Å². The first-order valence-corrected chi connectivity index (χ1v) is 7.77. The molecule has 1 N–H and O–H groups in total. The molecule has 1 atom stereocenters. The predicted octanol–water partition coefficient (Wildman–Crippen LogP) is 3.58. The molecule has 3 heteroatoms. The van der Waals surface area contributed by atoms with E-state index in [0.29, 0.717) is 6.04 Å². The lowest BCUT2D eigenvalue weighted by Gasteiger charge is -2.19. The van der Waals surface area contributed by atoms with Crippen molar-refractivity contribution < 1.29 is 4.79 Å². The summed E-state index contributed by atoms with van der Waals surface area (Å²) in [7, 11) is 2.01. The summed E-state index contributed by atoms with van der Waals surface area (Å²) in [5, 5.41) is 5.59. The van der Waals surface area contributed by atoms with E-state index in [2.05, 4.69) is 30.4 Å². The molecule has 0 bridgehead atoms. The third kappa shape index (κ3) is 2.42. The van der Waals surface area contributed by atoms with Crippen LogP contribution < -0.4 is 10.2 Å². The van der Waals surface area contributed by atoms with E-state index in [1.54, 1.807) is 0 Å². The van der Waals surface area contributed by atoms with E-state index >= 15 is 0 Å². The summed E-state index contributed by atoms with van der Waals surface area (Å²) in [5.41, 5.74) is 1.93. The monoisotopic (exact) mass is 282 g/mol. The Balaban J connectivity index is 1.80. The highest BCUT2D eigenvalue weighted by Gasteiger charge is 2.28. The fourth-order valence-electron chi connectivity index (χ4n) is 3.25. The van der Waals surface area contributed by atoms with Crippen LogP contribution in [0.5, 0.6) is 0 Å². The van der Waals surface area contributed by atoms with Crippen LogP contribution in [0.3, 0.4) is 0 Å². The second-order valence-electron chi connectivity index (χ2n) is 5.67. The van der Waals surface area contributed by atoms with Crippen LogP contribution in [-0.4, -0.2) is 25.5 Å². The molecular weight excluding hydrogens is 260 g/mol. The Hall–Kier alpha value is -1.87. The van der Waals surface area contributed by atoms with E-state index < -0.39 is 0 Å². The molecule has 1 aliphatic rings. The molecule has 3 rings (SSSR count). The molecule has 21 heavy (non-hydrogen) atoms. The maximum atomic E-state index is 12.6. The van der Waals surface area contributed by atoms with Crippen LogP contribution >= 0.6 is 0 Å². The minimum absolute atomic E-state index is 0.152. The fraction of sp³-hybridized carbons (Fsp3) is 0.389. The zero-order chi connectivity index (χ0) is 14.8. The van der Waals surface area contributed by atoms with Crippen molar-refractivity contribution in [2.75, 3.05) is 18.5 Å². The van der Waals surface area contributed by atoms with Crippen LogP contribution in [0.2, 0.25) is 0 Å². The first-order valence-electron chi connectivity index (χ1n) is 7.77. The summed E-state index contributed by atoms with van der Waals surface area (Å²) < 4.78 is 0. The molecule has 0 aromatic heterocycles. The lowest BCUT2D eigenvalue weighted by Crippen LogP contribution is -2.30. The Morgan fingerprint density at radius 2 is 1.95 bits per heavy atom. The van der Waals surface area contributed by atoms with Gasteiger partial charge in [0.2, 0.25) is 0 Å². The summed E-state index contributed by atoms with van der Waals surface area (Å²) >= 11 is 0. The van der Waals surface area contributed by atoms with Crippen LogP contribution in [-0.2, 0) is 0 Å². The standard InChI is InChI=1S/C18H22N2O/c1-3-14(19-2)9-6-12-20-16-11-5-8-13-7-4-10-15(17(13)16)18(20)21/h4-5,7-8,10-11,14,19H,3,6,9,12H2,1-2H3. The van der Waals surface area contributed by atoms with Crippen molar-refractivity contribution in [3.05, 3.63) is 42.0 Å². The van der Waals surface area contributed by atoms with Gasteiger partial charge in [-0.05, 0) is 43.8 Å². The van der Waals surface area contributed by atoms with Crippen LogP contribution in [0.1, 0.15) is 36.5 Å². The fourth-order valence-corrected chi connectivity index (χ4v) is 3.25. The van der Waals surface area contributed by atoms with E-state index in [9.17, 15) is 4.79 Å². The first kappa shape index (κ1) is 14.1. The van der Waals surface area contributed by atoms with Gasteiger partial charge in [0.1, 0.15) is 0 Å². The number of hydrogen-bond acceptors (Lipinski definition) is 2. The zero-order valence-electron chi connectivity index (χ0n) is 12.7. The van der Waals surface area contributed by atoms with Crippen molar-refractivity contribution in [3.63, 3.8) is 0 Å². The van der Waals surface area contributed by atoms with Gasteiger partial charge in [-0.2, -0.15) is 0 Å². The number of carbonyl (C=O) groups excluding carboxylic acids is 1. The van der Waals surface area contributed by atoms with Gasteiger partial charge < -0.3 is 10.2 Å². The van der Waals surface area contributed by atoms with Crippen LogP contribution in [0.25, 0.3) is 10.8 Å². The molecule has 0 spiro atoms. The van der Waals surface area contributed by atoms with Crippen molar-refractivity contribution >= 4 is 22.4 Å². The summed E-state index contributed by atoms with van der Waals surface area (Å²) in [6, 6.07) is 12.7. The van der Waals surface area contributed by atoms with Crippen molar-refractivity contribution in [3.8, 4) is 0 Å². The number of anilines is 1. The van der Waals surface area contributed by atoms with Crippen molar-refractivity contribution in [1.29, 1.82) is 0 Å². The molecule has 0 fully saturated rings. The number of rotatable bonds is 6. The molecule has 0 radical (unpaired) electrons. The SMILES string of the molecule is CCC(CCCN1C(=O)c2cccc3cccc1c23)NC. The second kappa shape index (κ2) is 5.86. The topological polar surface area (TPSA) is 32.3 Å². The normalized spacial score (nSPS) is 15.0. The quantitative estimate of drug-likeness (QED) is 0.878.